The fourth-order valence-corrected chi connectivity index (χ4v) is 2.64. The SMILES string of the molecule is CC(c1ccccc1)N1CCC(C=O)C1C. The van der Waals surface area contributed by atoms with Crippen molar-refractivity contribution in [3.05, 3.63) is 35.9 Å². The van der Waals surface area contributed by atoms with Gasteiger partial charge in [0.2, 0.25) is 0 Å². The van der Waals surface area contributed by atoms with Crippen molar-refractivity contribution in [1.29, 1.82) is 0 Å². The third kappa shape index (κ3) is 2.03. The number of aldehydes is 1. The van der Waals surface area contributed by atoms with Gasteiger partial charge in [-0.25, -0.2) is 0 Å². The van der Waals surface area contributed by atoms with E-state index in [0.717, 1.165) is 19.3 Å². The molecule has 3 unspecified atom stereocenters. The van der Waals surface area contributed by atoms with Crippen molar-refractivity contribution < 1.29 is 4.79 Å². The van der Waals surface area contributed by atoms with E-state index in [9.17, 15) is 4.79 Å². The van der Waals surface area contributed by atoms with E-state index in [-0.39, 0.29) is 5.92 Å². The highest BCUT2D eigenvalue weighted by molar-refractivity contribution is 5.55. The largest absolute Gasteiger partial charge is 0.303 e. The quantitative estimate of drug-likeness (QED) is 0.725. The lowest BCUT2D eigenvalue weighted by Gasteiger charge is -2.29. The normalized spacial score (nSPS) is 27.9. The highest BCUT2D eigenvalue weighted by Gasteiger charge is 2.33. The second kappa shape index (κ2) is 4.79. The predicted molar refractivity (Wildman–Crippen MR) is 65.2 cm³/mol. The molecule has 0 aliphatic carbocycles. The Balaban J connectivity index is 2.12. The molecule has 0 N–H and O–H groups in total. The fraction of sp³-hybridized carbons (Fsp3) is 0.500. The molecule has 0 saturated carbocycles. The van der Waals surface area contributed by atoms with Gasteiger partial charge in [0.05, 0.1) is 0 Å². The molecule has 1 aromatic rings. The van der Waals surface area contributed by atoms with Gasteiger partial charge in [0.25, 0.3) is 0 Å². The molecule has 1 saturated heterocycles. The summed E-state index contributed by atoms with van der Waals surface area (Å²) in [6.45, 7) is 5.41. The lowest BCUT2D eigenvalue weighted by atomic mass is 10.0. The molecule has 2 rings (SSSR count). The first kappa shape index (κ1) is 11.3. The third-order valence-corrected chi connectivity index (χ3v) is 3.82. The van der Waals surface area contributed by atoms with E-state index in [1.54, 1.807) is 0 Å². The molecule has 16 heavy (non-hydrogen) atoms. The standard InChI is InChI=1S/C14H19NO/c1-11(13-6-4-3-5-7-13)15-9-8-14(10-16)12(15)2/h3-7,10-12,14H,8-9H2,1-2H3. The van der Waals surface area contributed by atoms with Crippen LogP contribution in [0.25, 0.3) is 0 Å². The summed E-state index contributed by atoms with van der Waals surface area (Å²) < 4.78 is 0. The van der Waals surface area contributed by atoms with E-state index in [0.29, 0.717) is 12.1 Å². The molecular formula is C14H19NO. The van der Waals surface area contributed by atoms with Crippen LogP contribution in [0.4, 0.5) is 0 Å². The first-order chi connectivity index (χ1) is 7.74. The van der Waals surface area contributed by atoms with Gasteiger partial charge in [-0.15, -0.1) is 0 Å². The Kier molecular flexibility index (Phi) is 3.39. The maximum atomic E-state index is 10.9. The molecule has 86 valence electrons. The number of likely N-dealkylation sites (tertiary alicyclic amines) is 1. The van der Waals surface area contributed by atoms with Crippen LogP contribution in [0.1, 0.15) is 31.9 Å². The summed E-state index contributed by atoms with van der Waals surface area (Å²) in [6.07, 6.45) is 2.12. The van der Waals surface area contributed by atoms with Crippen LogP contribution in [-0.4, -0.2) is 23.8 Å². The van der Waals surface area contributed by atoms with Gasteiger partial charge in [-0.05, 0) is 32.4 Å². The molecule has 0 spiro atoms. The number of hydrogen-bond acceptors (Lipinski definition) is 2. The molecule has 0 radical (unpaired) electrons. The van der Waals surface area contributed by atoms with Crippen molar-refractivity contribution in [3.63, 3.8) is 0 Å². The highest BCUT2D eigenvalue weighted by atomic mass is 16.1. The van der Waals surface area contributed by atoms with Crippen LogP contribution < -0.4 is 0 Å². The Hall–Kier alpha value is -1.15. The molecule has 0 bridgehead atoms. The molecule has 1 aliphatic heterocycles. The van der Waals surface area contributed by atoms with E-state index in [2.05, 4.69) is 43.0 Å². The minimum atomic E-state index is 0.214. The Bertz CT molecular complexity index is 349. The number of hydrogen-bond donors (Lipinski definition) is 0. The van der Waals surface area contributed by atoms with Crippen molar-refractivity contribution in [2.75, 3.05) is 6.54 Å². The van der Waals surface area contributed by atoms with Gasteiger partial charge >= 0.3 is 0 Å². The van der Waals surface area contributed by atoms with Crippen molar-refractivity contribution >= 4 is 6.29 Å². The number of carbonyl (C=O) groups excluding carboxylic acids is 1. The maximum Gasteiger partial charge on any atom is 0.124 e. The Morgan fingerprint density at radius 1 is 1.38 bits per heavy atom. The molecule has 1 fully saturated rings. The van der Waals surface area contributed by atoms with Gasteiger partial charge in [0.1, 0.15) is 6.29 Å². The zero-order valence-corrected chi connectivity index (χ0v) is 9.97. The molecule has 3 atom stereocenters. The zero-order valence-electron chi connectivity index (χ0n) is 9.97. The van der Waals surface area contributed by atoms with Crippen molar-refractivity contribution in [1.82, 2.24) is 4.90 Å². The van der Waals surface area contributed by atoms with E-state index < -0.39 is 0 Å². The van der Waals surface area contributed by atoms with Gasteiger partial charge in [0, 0.05) is 18.0 Å². The molecule has 1 aromatic carbocycles. The van der Waals surface area contributed by atoms with E-state index in [1.807, 2.05) is 6.07 Å². The van der Waals surface area contributed by atoms with Gasteiger partial charge in [0.15, 0.2) is 0 Å². The van der Waals surface area contributed by atoms with E-state index >= 15 is 0 Å². The van der Waals surface area contributed by atoms with E-state index in [4.69, 9.17) is 0 Å². The summed E-state index contributed by atoms with van der Waals surface area (Å²) in [5, 5.41) is 0. The van der Waals surface area contributed by atoms with Crippen LogP contribution in [0.2, 0.25) is 0 Å². The molecule has 2 nitrogen and oxygen atoms in total. The monoisotopic (exact) mass is 217 g/mol. The fourth-order valence-electron chi connectivity index (χ4n) is 2.64. The van der Waals surface area contributed by atoms with Crippen LogP contribution in [0.15, 0.2) is 30.3 Å². The van der Waals surface area contributed by atoms with Gasteiger partial charge in [-0.1, -0.05) is 30.3 Å². The molecule has 1 heterocycles. The second-order valence-electron chi connectivity index (χ2n) is 4.65. The first-order valence-corrected chi connectivity index (χ1v) is 6.00. The maximum absolute atomic E-state index is 10.9. The predicted octanol–water partition coefficient (Wildman–Crippen LogP) is 2.66. The van der Waals surface area contributed by atoms with Crippen LogP contribution in [0.5, 0.6) is 0 Å². The molecule has 1 aliphatic rings. The average Bonchev–Trinajstić information content (AvgIpc) is 2.70. The smallest absolute Gasteiger partial charge is 0.124 e. The second-order valence-corrected chi connectivity index (χ2v) is 4.65. The van der Waals surface area contributed by atoms with Crippen LogP contribution >= 0.6 is 0 Å². The van der Waals surface area contributed by atoms with Crippen LogP contribution in [0.3, 0.4) is 0 Å². The van der Waals surface area contributed by atoms with Crippen LogP contribution in [0, 0.1) is 5.92 Å². The van der Waals surface area contributed by atoms with Crippen molar-refractivity contribution in [2.24, 2.45) is 5.92 Å². The summed E-state index contributed by atoms with van der Waals surface area (Å²) in [4.78, 5) is 13.3. The van der Waals surface area contributed by atoms with E-state index in [1.165, 1.54) is 5.56 Å². The summed E-state index contributed by atoms with van der Waals surface area (Å²) >= 11 is 0. The van der Waals surface area contributed by atoms with Gasteiger partial charge in [-0.2, -0.15) is 0 Å². The summed E-state index contributed by atoms with van der Waals surface area (Å²) in [5.74, 6) is 0.214. The Morgan fingerprint density at radius 2 is 2.06 bits per heavy atom. The number of benzene rings is 1. The summed E-state index contributed by atoms with van der Waals surface area (Å²) in [7, 11) is 0. The molecular weight excluding hydrogens is 198 g/mol. The minimum absolute atomic E-state index is 0.214. The lowest BCUT2D eigenvalue weighted by Crippen LogP contribution is -2.32. The minimum Gasteiger partial charge on any atom is -0.303 e. The highest BCUT2D eigenvalue weighted by Crippen LogP contribution is 2.31. The van der Waals surface area contributed by atoms with Gasteiger partial charge in [-0.3, -0.25) is 4.90 Å². The third-order valence-electron chi connectivity index (χ3n) is 3.82. The summed E-state index contributed by atoms with van der Waals surface area (Å²) in [5.41, 5.74) is 1.33. The average molecular weight is 217 g/mol. The van der Waals surface area contributed by atoms with Crippen molar-refractivity contribution in [3.8, 4) is 0 Å². The number of nitrogens with zero attached hydrogens (tertiary/aromatic N) is 1. The van der Waals surface area contributed by atoms with Crippen LogP contribution in [-0.2, 0) is 4.79 Å². The first-order valence-electron chi connectivity index (χ1n) is 6.00. The number of rotatable bonds is 3. The topological polar surface area (TPSA) is 20.3 Å². The Morgan fingerprint density at radius 3 is 2.62 bits per heavy atom. The zero-order chi connectivity index (χ0) is 11.5. The van der Waals surface area contributed by atoms with Crippen molar-refractivity contribution in [2.45, 2.75) is 32.4 Å². The molecule has 0 amide bonds. The molecule has 0 aromatic heterocycles. The number of carbonyl (C=O) groups is 1. The van der Waals surface area contributed by atoms with Gasteiger partial charge < -0.3 is 4.79 Å². The Labute approximate surface area is 97.3 Å². The lowest BCUT2D eigenvalue weighted by molar-refractivity contribution is -0.111. The molecule has 2 heteroatoms. The summed E-state index contributed by atoms with van der Waals surface area (Å²) in [6, 6.07) is 11.3.